The van der Waals surface area contributed by atoms with Crippen LogP contribution >= 0.6 is 0 Å². The first-order valence-corrected chi connectivity index (χ1v) is 7.65. The molecule has 0 spiro atoms. The van der Waals surface area contributed by atoms with E-state index in [4.69, 9.17) is 4.52 Å². The zero-order chi connectivity index (χ0) is 14.2. The van der Waals surface area contributed by atoms with Crippen molar-refractivity contribution in [3.63, 3.8) is 0 Å². The zero-order valence-electron chi connectivity index (χ0n) is 12.2. The quantitative estimate of drug-likeness (QED) is 0.913. The Kier molecular flexibility index (Phi) is 3.14. The molecule has 0 amide bonds. The lowest BCUT2D eigenvalue weighted by molar-refractivity contribution is 0.407. The summed E-state index contributed by atoms with van der Waals surface area (Å²) in [6.07, 6.45) is 3.79. The summed E-state index contributed by atoms with van der Waals surface area (Å²) in [7, 11) is 1.94. The molecule has 21 heavy (non-hydrogen) atoms. The van der Waals surface area contributed by atoms with E-state index in [2.05, 4.69) is 31.5 Å². The molecule has 0 aromatic carbocycles. The second kappa shape index (κ2) is 5.14. The summed E-state index contributed by atoms with van der Waals surface area (Å²) in [5, 5.41) is 12.0. The van der Waals surface area contributed by atoms with Crippen LogP contribution in [0.15, 0.2) is 10.6 Å². The van der Waals surface area contributed by atoms with Gasteiger partial charge in [0.25, 0.3) is 11.8 Å². The summed E-state index contributed by atoms with van der Waals surface area (Å²) in [5.74, 6) is 1.85. The van der Waals surface area contributed by atoms with Crippen LogP contribution in [0, 0.1) is 0 Å². The fourth-order valence-corrected chi connectivity index (χ4v) is 2.91. The van der Waals surface area contributed by atoms with Crippen molar-refractivity contribution in [2.75, 3.05) is 31.1 Å². The molecule has 1 saturated carbocycles. The predicted octanol–water partition coefficient (Wildman–Crippen LogP) is 1.15. The Morgan fingerprint density at radius 1 is 1.29 bits per heavy atom. The molecule has 2 fully saturated rings. The fourth-order valence-electron chi connectivity index (χ4n) is 2.91. The number of rotatable bonds is 3. The first kappa shape index (κ1) is 12.8. The van der Waals surface area contributed by atoms with Gasteiger partial charge in [-0.15, -0.1) is 0 Å². The third kappa shape index (κ3) is 2.31. The van der Waals surface area contributed by atoms with Crippen LogP contribution in [-0.4, -0.2) is 46.1 Å². The molecule has 1 aliphatic heterocycles. The molecule has 7 heteroatoms. The Morgan fingerprint density at radius 2 is 2.10 bits per heavy atom. The van der Waals surface area contributed by atoms with Gasteiger partial charge >= 0.3 is 0 Å². The molecule has 2 aromatic rings. The minimum Gasteiger partial charge on any atom is -0.336 e. The predicted molar refractivity (Wildman–Crippen MR) is 78.2 cm³/mol. The summed E-state index contributed by atoms with van der Waals surface area (Å²) in [6, 6.07) is 2.10. The standard InChI is InChI=1S/C14H20N6O/c1-19-12(9-11(17-19)10-3-2-4-10)13-16-14(18-21-13)20-7-5-15-6-8-20/h9-10,15H,2-8H2,1H3. The summed E-state index contributed by atoms with van der Waals surface area (Å²) in [4.78, 5) is 6.69. The zero-order valence-corrected chi connectivity index (χ0v) is 12.2. The third-order valence-electron chi connectivity index (χ3n) is 4.46. The van der Waals surface area contributed by atoms with Gasteiger partial charge in [-0.2, -0.15) is 10.1 Å². The average molecular weight is 288 g/mol. The monoisotopic (exact) mass is 288 g/mol. The first-order valence-electron chi connectivity index (χ1n) is 7.65. The highest BCUT2D eigenvalue weighted by molar-refractivity contribution is 5.51. The topological polar surface area (TPSA) is 72.0 Å². The van der Waals surface area contributed by atoms with E-state index in [0.717, 1.165) is 37.6 Å². The molecule has 0 radical (unpaired) electrons. The van der Waals surface area contributed by atoms with Crippen LogP contribution in [0.5, 0.6) is 0 Å². The molecule has 0 atom stereocenters. The van der Waals surface area contributed by atoms with Crippen LogP contribution in [-0.2, 0) is 7.05 Å². The van der Waals surface area contributed by atoms with Crippen LogP contribution < -0.4 is 10.2 Å². The lowest BCUT2D eigenvalue weighted by Gasteiger charge is -2.25. The second-order valence-electron chi connectivity index (χ2n) is 5.84. The number of nitrogens with one attached hydrogen (secondary N) is 1. The van der Waals surface area contributed by atoms with Crippen molar-refractivity contribution in [2.45, 2.75) is 25.2 Å². The van der Waals surface area contributed by atoms with Crippen LogP contribution in [0.4, 0.5) is 5.95 Å². The number of aromatic nitrogens is 4. The number of hydrogen-bond donors (Lipinski definition) is 1. The van der Waals surface area contributed by atoms with Crippen LogP contribution in [0.25, 0.3) is 11.6 Å². The van der Waals surface area contributed by atoms with Gasteiger partial charge in [-0.3, -0.25) is 4.68 Å². The van der Waals surface area contributed by atoms with E-state index >= 15 is 0 Å². The Bertz CT molecular complexity index is 623. The Morgan fingerprint density at radius 3 is 2.81 bits per heavy atom. The van der Waals surface area contributed by atoms with Crippen molar-refractivity contribution in [3.05, 3.63) is 11.8 Å². The molecule has 1 saturated heterocycles. The largest absolute Gasteiger partial charge is 0.336 e. The smallest absolute Gasteiger partial charge is 0.277 e. The Balaban J connectivity index is 1.58. The summed E-state index contributed by atoms with van der Waals surface area (Å²) in [5.41, 5.74) is 2.06. The molecule has 1 N–H and O–H groups in total. The lowest BCUT2D eigenvalue weighted by Crippen LogP contribution is -2.44. The number of nitrogens with zero attached hydrogens (tertiary/aromatic N) is 5. The molecular formula is C14H20N6O. The molecule has 3 heterocycles. The summed E-state index contributed by atoms with van der Waals surface area (Å²) >= 11 is 0. The minimum atomic E-state index is 0.559. The highest BCUT2D eigenvalue weighted by atomic mass is 16.5. The average Bonchev–Trinajstić information content (AvgIpc) is 3.05. The van der Waals surface area contributed by atoms with E-state index in [0.29, 0.717) is 17.8 Å². The van der Waals surface area contributed by atoms with Crippen molar-refractivity contribution in [2.24, 2.45) is 7.05 Å². The van der Waals surface area contributed by atoms with E-state index < -0.39 is 0 Å². The van der Waals surface area contributed by atoms with Gasteiger partial charge in [0, 0.05) is 39.1 Å². The maximum absolute atomic E-state index is 5.45. The van der Waals surface area contributed by atoms with Gasteiger partial charge < -0.3 is 14.7 Å². The van der Waals surface area contributed by atoms with E-state index in [-0.39, 0.29) is 0 Å². The molecule has 2 aliphatic rings. The lowest BCUT2D eigenvalue weighted by atomic mass is 9.83. The summed E-state index contributed by atoms with van der Waals surface area (Å²) in [6.45, 7) is 3.75. The van der Waals surface area contributed by atoms with Gasteiger partial charge in [-0.25, -0.2) is 0 Å². The van der Waals surface area contributed by atoms with E-state index in [1.807, 2.05) is 11.7 Å². The summed E-state index contributed by atoms with van der Waals surface area (Å²) < 4.78 is 7.30. The highest BCUT2D eigenvalue weighted by Gasteiger charge is 2.25. The number of anilines is 1. The highest BCUT2D eigenvalue weighted by Crippen LogP contribution is 2.36. The minimum absolute atomic E-state index is 0.559. The van der Waals surface area contributed by atoms with Crippen molar-refractivity contribution in [3.8, 4) is 11.6 Å². The third-order valence-corrected chi connectivity index (χ3v) is 4.46. The second-order valence-corrected chi connectivity index (χ2v) is 5.84. The van der Waals surface area contributed by atoms with Crippen LogP contribution in [0.1, 0.15) is 30.9 Å². The number of aryl methyl sites for hydroxylation is 1. The molecule has 2 aromatic heterocycles. The molecule has 4 rings (SSSR count). The van der Waals surface area contributed by atoms with E-state index in [1.54, 1.807) is 0 Å². The normalized spacial score (nSPS) is 19.8. The van der Waals surface area contributed by atoms with Crippen molar-refractivity contribution < 1.29 is 4.52 Å². The maximum atomic E-state index is 5.45. The van der Waals surface area contributed by atoms with E-state index in [9.17, 15) is 0 Å². The Labute approximate surface area is 123 Å². The van der Waals surface area contributed by atoms with Gasteiger partial charge in [-0.1, -0.05) is 6.42 Å². The molecule has 0 unspecified atom stereocenters. The molecule has 0 bridgehead atoms. The molecule has 112 valence electrons. The van der Waals surface area contributed by atoms with E-state index in [1.165, 1.54) is 19.3 Å². The number of piperazine rings is 1. The van der Waals surface area contributed by atoms with Crippen LogP contribution in [0.2, 0.25) is 0 Å². The van der Waals surface area contributed by atoms with Gasteiger partial charge in [-0.05, 0) is 24.1 Å². The molecule has 1 aliphatic carbocycles. The maximum Gasteiger partial charge on any atom is 0.277 e. The molecule has 7 nitrogen and oxygen atoms in total. The van der Waals surface area contributed by atoms with Gasteiger partial charge in [0.2, 0.25) is 0 Å². The SMILES string of the molecule is Cn1nc(C2CCC2)cc1-c1nc(N2CCNCC2)no1. The van der Waals surface area contributed by atoms with Crippen molar-refractivity contribution in [1.82, 2.24) is 25.2 Å². The Hall–Kier alpha value is -1.89. The van der Waals surface area contributed by atoms with Crippen molar-refractivity contribution >= 4 is 5.95 Å². The van der Waals surface area contributed by atoms with Crippen LogP contribution in [0.3, 0.4) is 0 Å². The molecular weight excluding hydrogens is 268 g/mol. The number of hydrogen-bond acceptors (Lipinski definition) is 6. The van der Waals surface area contributed by atoms with Crippen molar-refractivity contribution in [1.29, 1.82) is 0 Å². The fraction of sp³-hybridized carbons (Fsp3) is 0.643. The van der Waals surface area contributed by atoms with Gasteiger partial charge in [0.1, 0.15) is 5.69 Å². The van der Waals surface area contributed by atoms with Gasteiger partial charge in [0.15, 0.2) is 0 Å². The van der Waals surface area contributed by atoms with Gasteiger partial charge in [0.05, 0.1) is 5.69 Å². The first-order chi connectivity index (χ1) is 10.3.